The Balaban J connectivity index is 2.15. The highest BCUT2D eigenvalue weighted by molar-refractivity contribution is 5.93. The van der Waals surface area contributed by atoms with Crippen molar-refractivity contribution in [2.24, 2.45) is 0 Å². The largest absolute Gasteiger partial charge is 0.353 e. The molecule has 2 amide bonds. The first kappa shape index (κ1) is 17.2. The van der Waals surface area contributed by atoms with E-state index in [-0.39, 0.29) is 17.4 Å². The van der Waals surface area contributed by atoms with E-state index in [1.54, 1.807) is 19.9 Å². The van der Waals surface area contributed by atoms with Gasteiger partial charge in [-0.1, -0.05) is 0 Å². The van der Waals surface area contributed by atoms with Gasteiger partial charge in [0.15, 0.2) is 0 Å². The van der Waals surface area contributed by atoms with Gasteiger partial charge in [0.25, 0.3) is 5.91 Å². The molecule has 23 heavy (non-hydrogen) atoms. The van der Waals surface area contributed by atoms with Gasteiger partial charge in [-0.15, -0.1) is 0 Å². The van der Waals surface area contributed by atoms with Crippen molar-refractivity contribution in [2.45, 2.75) is 40.2 Å². The molecule has 0 aromatic carbocycles. The van der Waals surface area contributed by atoms with Gasteiger partial charge in [0.1, 0.15) is 17.3 Å². The number of aromatic nitrogens is 2. The molecule has 1 aromatic rings. The maximum absolute atomic E-state index is 12.3. The Labute approximate surface area is 137 Å². The number of carbonyl (C=O) groups is 2. The summed E-state index contributed by atoms with van der Waals surface area (Å²) in [5.74, 6) is 1.19. The number of nitrogens with one attached hydrogen (secondary N) is 1. The lowest BCUT2D eigenvalue weighted by Crippen LogP contribution is -2.48. The van der Waals surface area contributed by atoms with E-state index in [1.165, 1.54) is 0 Å². The highest BCUT2D eigenvalue weighted by atomic mass is 16.2. The molecule has 126 valence electrons. The minimum absolute atomic E-state index is 0.0914. The van der Waals surface area contributed by atoms with E-state index in [0.29, 0.717) is 37.7 Å². The summed E-state index contributed by atoms with van der Waals surface area (Å²) in [5.41, 5.74) is 0.0554. The van der Waals surface area contributed by atoms with Crippen LogP contribution in [0, 0.1) is 6.92 Å². The van der Waals surface area contributed by atoms with E-state index in [1.807, 2.05) is 25.7 Å². The number of hydrogen-bond donors (Lipinski definition) is 1. The minimum atomic E-state index is -0.316. The zero-order chi connectivity index (χ0) is 17.2. The lowest BCUT2D eigenvalue weighted by molar-refractivity contribution is -0.129. The van der Waals surface area contributed by atoms with Crippen LogP contribution < -0.4 is 10.2 Å². The van der Waals surface area contributed by atoms with Gasteiger partial charge >= 0.3 is 0 Å². The normalized spacial score (nSPS) is 15.5. The molecule has 7 heteroatoms. The van der Waals surface area contributed by atoms with Crippen molar-refractivity contribution in [1.29, 1.82) is 0 Å². The summed E-state index contributed by atoms with van der Waals surface area (Å²) < 4.78 is 0. The summed E-state index contributed by atoms with van der Waals surface area (Å²) >= 11 is 0. The minimum Gasteiger partial charge on any atom is -0.353 e. The van der Waals surface area contributed by atoms with Crippen LogP contribution in [-0.2, 0) is 4.79 Å². The molecule has 1 saturated heterocycles. The maximum atomic E-state index is 12.3. The van der Waals surface area contributed by atoms with E-state index in [2.05, 4.69) is 20.2 Å². The van der Waals surface area contributed by atoms with Crippen molar-refractivity contribution >= 4 is 17.6 Å². The van der Waals surface area contributed by atoms with Crippen LogP contribution in [0.5, 0.6) is 0 Å². The summed E-state index contributed by atoms with van der Waals surface area (Å²) in [4.78, 5) is 36.3. The monoisotopic (exact) mass is 319 g/mol. The van der Waals surface area contributed by atoms with Crippen LogP contribution in [0.25, 0.3) is 0 Å². The molecule has 2 rings (SSSR count). The van der Waals surface area contributed by atoms with E-state index in [0.717, 1.165) is 5.82 Å². The Morgan fingerprint density at radius 1 is 1.13 bits per heavy atom. The highest BCUT2D eigenvalue weighted by Crippen LogP contribution is 2.16. The first-order valence-electron chi connectivity index (χ1n) is 7.84. The molecule has 1 N–H and O–H groups in total. The van der Waals surface area contributed by atoms with Crippen LogP contribution in [0.4, 0.5) is 5.82 Å². The smallest absolute Gasteiger partial charge is 0.270 e. The average molecular weight is 319 g/mol. The molecular weight excluding hydrogens is 294 g/mol. The van der Waals surface area contributed by atoms with E-state index in [9.17, 15) is 9.59 Å². The molecule has 0 unspecified atom stereocenters. The predicted octanol–water partition coefficient (Wildman–Crippen LogP) is 0.982. The number of piperazine rings is 1. The molecule has 0 aliphatic carbocycles. The van der Waals surface area contributed by atoms with Crippen LogP contribution in [0.1, 0.15) is 44.0 Å². The summed E-state index contributed by atoms with van der Waals surface area (Å²) in [6.45, 7) is 11.9. The number of carbonyl (C=O) groups excluding carboxylic acids is 2. The van der Waals surface area contributed by atoms with Gasteiger partial charge in [0.05, 0.1) is 0 Å². The first-order valence-corrected chi connectivity index (χ1v) is 7.84. The molecular formula is C16H25N5O2. The quantitative estimate of drug-likeness (QED) is 0.879. The summed E-state index contributed by atoms with van der Waals surface area (Å²) in [5, 5.41) is 2.91. The highest BCUT2D eigenvalue weighted by Gasteiger charge is 2.22. The standard InChI is InChI=1S/C16H25N5O2/c1-11-17-13(15(23)19-16(3,4)5)10-14(18-11)21-8-6-20(7-9-21)12(2)22/h10H,6-9H2,1-5H3,(H,19,23). The number of anilines is 1. The number of rotatable bonds is 2. The van der Waals surface area contributed by atoms with Crippen LogP contribution >= 0.6 is 0 Å². The topological polar surface area (TPSA) is 78.4 Å². The molecule has 1 aromatic heterocycles. The second-order valence-electron chi connectivity index (χ2n) is 6.86. The Morgan fingerprint density at radius 3 is 2.26 bits per heavy atom. The SMILES string of the molecule is CC(=O)N1CCN(c2cc(C(=O)NC(C)(C)C)nc(C)n2)CC1. The van der Waals surface area contributed by atoms with Crippen molar-refractivity contribution in [2.75, 3.05) is 31.1 Å². The molecule has 7 nitrogen and oxygen atoms in total. The van der Waals surface area contributed by atoms with Gasteiger partial charge in [-0.05, 0) is 27.7 Å². The van der Waals surface area contributed by atoms with Crippen LogP contribution in [0.3, 0.4) is 0 Å². The van der Waals surface area contributed by atoms with Gasteiger partial charge in [-0.25, -0.2) is 9.97 Å². The number of nitrogens with zero attached hydrogens (tertiary/aromatic N) is 4. The average Bonchev–Trinajstić information content (AvgIpc) is 2.45. The third kappa shape index (κ3) is 4.64. The van der Waals surface area contributed by atoms with E-state index in [4.69, 9.17) is 0 Å². The molecule has 1 aliphatic rings. The summed E-state index contributed by atoms with van der Waals surface area (Å²) in [6, 6.07) is 1.72. The molecule has 0 spiro atoms. The Bertz CT molecular complexity index is 601. The molecule has 1 fully saturated rings. The Hall–Kier alpha value is -2.18. The van der Waals surface area contributed by atoms with Crippen molar-refractivity contribution in [3.63, 3.8) is 0 Å². The van der Waals surface area contributed by atoms with Crippen LogP contribution in [0.2, 0.25) is 0 Å². The van der Waals surface area contributed by atoms with Gasteiger partial charge in [0.2, 0.25) is 5.91 Å². The summed E-state index contributed by atoms with van der Waals surface area (Å²) in [6.07, 6.45) is 0. The van der Waals surface area contributed by atoms with Crippen molar-refractivity contribution in [1.82, 2.24) is 20.2 Å². The zero-order valence-corrected chi connectivity index (χ0v) is 14.5. The zero-order valence-electron chi connectivity index (χ0n) is 14.5. The van der Waals surface area contributed by atoms with Crippen molar-refractivity contribution in [3.05, 3.63) is 17.6 Å². The number of aryl methyl sites for hydroxylation is 1. The molecule has 0 atom stereocenters. The number of hydrogen-bond acceptors (Lipinski definition) is 5. The van der Waals surface area contributed by atoms with E-state index < -0.39 is 0 Å². The maximum Gasteiger partial charge on any atom is 0.270 e. The second-order valence-corrected chi connectivity index (χ2v) is 6.86. The molecule has 0 saturated carbocycles. The third-order valence-electron chi connectivity index (χ3n) is 3.59. The second kappa shape index (κ2) is 6.52. The first-order chi connectivity index (χ1) is 10.7. The third-order valence-corrected chi connectivity index (χ3v) is 3.59. The molecule has 0 bridgehead atoms. The molecule has 0 radical (unpaired) electrons. The number of amides is 2. The Morgan fingerprint density at radius 2 is 1.74 bits per heavy atom. The van der Waals surface area contributed by atoms with Crippen molar-refractivity contribution in [3.8, 4) is 0 Å². The van der Waals surface area contributed by atoms with Crippen LogP contribution in [0.15, 0.2) is 6.07 Å². The Kier molecular flexibility index (Phi) is 4.87. The van der Waals surface area contributed by atoms with Crippen molar-refractivity contribution < 1.29 is 9.59 Å². The lowest BCUT2D eigenvalue weighted by Gasteiger charge is -2.35. The summed E-state index contributed by atoms with van der Waals surface area (Å²) in [7, 11) is 0. The predicted molar refractivity (Wildman–Crippen MR) is 88.5 cm³/mol. The fourth-order valence-corrected chi connectivity index (χ4v) is 2.49. The van der Waals surface area contributed by atoms with Gasteiger partial charge < -0.3 is 15.1 Å². The van der Waals surface area contributed by atoms with Gasteiger partial charge in [-0.3, -0.25) is 9.59 Å². The fraction of sp³-hybridized carbons (Fsp3) is 0.625. The van der Waals surface area contributed by atoms with E-state index >= 15 is 0 Å². The van der Waals surface area contributed by atoms with Gasteiger partial charge in [0, 0.05) is 44.7 Å². The fourth-order valence-electron chi connectivity index (χ4n) is 2.49. The molecule has 2 heterocycles. The molecule has 1 aliphatic heterocycles. The lowest BCUT2D eigenvalue weighted by atomic mass is 10.1. The van der Waals surface area contributed by atoms with Crippen LogP contribution in [-0.4, -0.2) is 58.4 Å². The van der Waals surface area contributed by atoms with Gasteiger partial charge in [-0.2, -0.15) is 0 Å².